The summed E-state index contributed by atoms with van der Waals surface area (Å²) >= 11 is 0. The quantitative estimate of drug-likeness (QED) is 0.0179. The van der Waals surface area contributed by atoms with Crippen LogP contribution in [-0.2, 0) is 65.7 Å². The standard InChI is InChI=1S/C38H35N9O15S2/c1-20-8-29(32(58-3)14-28(20)43-41-25-10-22(16-61-18-48)9-23(11-25)17-62-19-49)44-45-30-15-33(63(54,55)59-4)26-13-34(64(56,57)60-5)37(38(51)35(26)36(30)39)46-42-27-7-6-24(40-21(2)50)12-31(27)47(52)53/h6-15,18-19,51H,16-17,39H2,1-5H3,(H,40,50). The van der Waals surface area contributed by atoms with Crippen LogP contribution >= 0.6 is 0 Å². The molecule has 5 rings (SSSR count). The van der Waals surface area contributed by atoms with Crippen molar-refractivity contribution >= 4 is 101 Å². The van der Waals surface area contributed by atoms with Crippen molar-refractivity contribution in [3.63, 3.8) is 0 Å². The van der Waals surface area contributed by atoms with Gasteiger partial charge in [0.25, 0.3) is 38.9 Å². The highest BCUT2D eigenvalue weighted by Gasteiger charge is 2.30. The lowest BCUT2D eigenvalue weighted by molar-refractivity contribution is -0.384. The second-order valence-electron chi connectivity index (χ2n) is 12.9. The van der Waals surface area contributed by atoms with Crippen LogP contribution in [0.5, 0.6) is 11.5 Å². The van der Waals surface area contributed by atoms with Crippen molar-refractivity contribution in [3.05, 3.63) is 87.5 Å². The number of nitro benzene ring substituents is 1. The first kappa shape index (κ1) is 47.2. The Balaban J connectivity index is 1.66. The number of phenols is 1. The van der Waals surface area contributed by atoms with Crippen LogP contribution in [0.3, 0.4) is 0 Å². The number of phenolic OH excluding ortho intramolecular Hbond substituents is 1. The molecule has 0 fully saturated rings. The minimum absolute atomic E-state index is 0.0325. The Labute approximate surface area is 362 Å². The Kier molecular flexibility index (Phi) is 14.7. The molecule has 0 heterocycles. The number of hydrogen-bond acceptors (Lipinski definition) is 22. The number of azo groups is 3. The van der Waals surface area contributed by atoms with Crippen LogP contribution in [-0.4, -0.2) is 67.0 Å². The summed E-state index contributed by atoms with van der Waals surface area (Å²) in [5.74, 6) is -1.50. The summed E-state index contributed by atoms with van der Waals surface area (Å²) in [6.07, 6.45) is 0. The van der Waals surface area contributed by atoms with E-state index in [0.717, 1.165) is 38.5 Å². The zero-order valence-corrected chi connectivity index (χ0v) is 35.7. The number of methoxy groups -OCH3 is 1. The third-order valence-corrected chi connectivity index (χ3v) is 11.4. The third kappa shape index (κ3) is 10.6. The lowest BCUT2D eigenvalue weighted by Gasteiger charge is -2.16. The second-order valence-corrected chi connectivity index (χ2v) is 16.3. The van der Waals surface area contributed by atoms with Crippen molar-refractivity contribution in [2.24, 2.45) is 30.7 Å². The summed E-state index contributed by atoms with van der Waals surface area (Å²) in [6, 6.07) is 12.8. The molecule has 64 heavy (non-hydrogen) atoms. The summed E-state index contributed by atoms with van der Waals surface area (Å²) in [5, 5.41) is 49.5. The van der Waals surface area contributed by atoms with E-state index < -0.39 is 80.1 Å². The van der Waals surface area contributed by atoms with Gasteiger partial charge < -0.3 is 30.4 Å². The number of nitrogens with zero attached hydrogens (tertiary/aromatic N) is 7. The van der Waals surface area contributed by atoms with Crippen molar-refractivity contribution in [3.8, 4) is 11.5 Å². The first-order valence-electron chi connectivity index (χ1n) is 17.8. The summed E-state index contributed by atoms with van der Waals surface area (Å²) in [4.78, 5) is 42.4. The number of rotatable bonds is 19. The highest BCUT2D eigenvalue weighted by Crippen LogP contribution is 2.49. The number of fused-ring (bicyclic) bond motifs is 1. The van der Waals surface area contributed by atoms with Crippen LogP contribution in [0, 0.1) is 17.0 Å². The second kappa shape index (κ2) is 19.9. The summed E-state index contributed by atoms with van der Waals surface area (Å²) in [5.41, 5.74) is 5.96. The molecule has 0 aromatic heterocycles. The molecule has 5 aromatic rings. The van der Waals surface area contributed by atoms with E-state index >= 15 is 0 Å². The maximum absolute atomic E-state index is 13.4. The Morgan fingerprint density at radius 3 is 1.95 bits per heavy atom. The fourth-order valence-electron chi connectivity index (χ4n) is 5.86. The molecule has 0 bridgehead atoms. The van der Waals surface area contributed by atoms with E-state index in [9.17, 15) is 46.4 Å². The van der Waals surface area contributed by atoms with Gasteiger partial charge in [0.1, 0.15) is 45.8 Å². The maximum Gasteiger partial charge on any atom is 0.299 e. The largest absolute Gasteiger partial charge is 0.505 e. The number of amides is 1. The van der Waals surface area contributed by atoms with Crippen molar-refractivity contribution < 1.29 is 63.8 Å². The number of aromatic hydroxyl groups is 1. The highest BCUT2D eigenvalue weighted by molar-refractivity contribution is 7.87. The first-order valence-corrected chi connectivity index (χ1v) is 20.7. The summed E-state index contributed by atoms with van der Waals surface area (Å²) in [6.45, 7) is 3.23. The molecule has 4 N–H and O–H groups in total. The van der Waals surface area contributed by atoms with Crippen molar-refractivity contribution in [2.45, 2.75) is 36.9 Å². The molecule has 0 atom stereocenters. The first-order chi connectivity index (χ1) is 30.4. The van der Waals surface area contributed by atoms with Crippen LogP contribution in [0.25, 0.3) is 10.8 Å². The number of nitrogen functional groups attached to an aromatic ring is 1. The number of hydrogen-bond donors (Lipinski definition) is 3. The SMILES string of the molecule is COc1cc(N=Nc2cc(COC=O)cc(COC=O)c2)c(C)cc1N=Nc1cc(S(=O)(=O)OC)c2cc(S(=O)(=O)OC)c(N=Nc3ccc(NC(C)=O)cc3[N+](=O)[O-])c(O)c2c1N. The van der Waals surface area contributed by atoms with E-state index in [1.54, 1.807) is 25.1 Å². The molecule has 0 aliphatic carbocycles. The molecule has 0 saturated heterocycles. The molecule has 5 aromatic carbocycles. The van der Waals surface area contributed by atoms with Crippen molar-refractivity contribution in [2.75, 3.05) is 32.4 Å². The van der Waals surface area contributed by atoms with Crippen molar-refractivity contribution in [1.82, 2.24) is 0 Å². The fourth-order valence-corrected chi connectivity index (χ4v) is 7.55. The Morgan fingerprint density at radius 2 is 1.38 bits per heavy atom. The molecule has 26 heteroatoms. The van der Waals surface area contributed by atoms with Crippen LogP contribution in [0.1, 0.15) is 23.6 Å². The highest BCUT2D eigenvalue weighted by atomic mass is 32.2. The van der Waals surface area contributed by atoms with E-state index in [1.165, 1.54) is 32.2 Å². The van der Waals surface area contributed by atoms with Crippen LogP contribution in [0.15, 0.2) is 101 Å². The normalized spacial score (nSPS) is 12.0. The summed E-state index contributed by atoms with van der Waals surface area (Å²) in [7, 11) is -6.69. The molecule has 0 radical (unpaired) electrons. The predicted octanol–water partition coefficient (Wildman–Crippen LogP) is 7.57. The molecule has 24 nitrogen and oxygen atoms in total. The van der Waals surface area contributed by atoms with E-state index in [1.807, 2.05) is 0 Å². The Morgan fingerprint density at radius 1 is 0.781 bits per heavy atom. The zero-order chi connectivity index (χ0) is 46.9. The maximum atomic E-state index is 13.4. The number of aryl methyl sites for hydroxylation is 1. The number of nitrogens with two attached hydrogens (primary N) is 1. The van der Waals surface area contributed by atoms with Crippen LogP contribution in [0.4, 0.5) is 51.2 Å². The number of carbonyl (C=O) groups is 3. The van der Waals surface area contributed by atoms with Gasteiger partial charge in [-0.05, 0) is 72.1 Å². The van der Waals surface area contributed by atoms with Gasteiger partial charge in [-0.1, -0.05) is 0 Å². The number of anilines is 2. The fraction of sp³-hybridized carbons (Fsp3) is 0.184. The molecule has 0 unspecified atom stereocenters. The van der Waals surface area contributed by atoms with E-state index in [4.69, 9.17) is 24.1 Å². The Bertz CT molecular complexity index is 2980. The molecule has 1 amide bonds. The summed E-state index contributed by atoms with van der Waals surface area (Å²) < 4.78 is 77.7. The van der Waals surface area contributed by atoms with Gasteiger partial charge in [-0.3, -0.25) is 32.9 Å². The van der Waals surface area contributed by atoms with Crippen LogP contribution in [0.2, 0.25) is 0 Å². The average molecular weight is 922 g/mol. The van der Waals surface area contributed by atoms with Gasteiger partial charge in [-0.15, -0.1) is 20.5 Å². The minimum Gasteiger partial charge on any atom is -0.505 e. The predicted molar refractivity (Wildman–Crippen MR) is 224 cm³/mol. The lowest BCUT2D eigenvalue weighted by atomic mass is 10.0. The van der Waals surface area contributed by atoms with E-state index in [2.05, 4.69) is 40.2 Å². The van der Waals surface area contributed by atoms with E-state index in [-0.39, 0.29) is 49.0 Å². The molecule has 0 aliphatic rings. The lowest BCUT2D eigenvalue weighted by Crippen LogP contribution is -2.07. The average Bonchev–Trinajstić information content (AvgIpc) is 3.26. The van der Waals surface area contributed by atoms with Gasteiger partial charge in [-0.2, -0.15) is 27.1 Å². The van der Waals surface area contributed by atoms with Gasteiger partial charge in [-0.25, -0.2) is 0 Å². The number of carbonyl (C=O) groups excluding carboxylic acids is 3. The monoisotopic (exact) mass is 921 g/mol. The smallest absolute Gasteiger partial charge is 0.299 e. The van der Waals surface area contributed by atoms with Gasteiger partial charge in [0.2, 0.25) is 5.91 Å². The molecule has 334 valence electrons. The zero-order valence-electron chi connectivity index (χ0n) is 34.0. The molecular weight excluding hydrogens is 887 g/mol. The van der Waals surface area contributed by atoms with Gasteiger partial charge >= 0.3 is 0 Å². The molecule has 0 spiro atoms. The number of nitro groups is 1. The van der Waals surface area contributed by atoms with Gasteiger partial charge in [0.05, 0.1) is 48.7 Å². The number of benzene rings is 5. The number of nitrogens with one attached hydrogen (secondary N) is 1. The minimum atomic E-state index is -4.85. The van der Waals surface area contributed by atoms with Gasteiger partial charge in [0, 0.05) is 30.1 Å². The topological polar surface area (TPSA) is 341 Å². The van der Waals surface area contributed by atoms with Crippen molar-refractivity contribution in [1.29, 1.82) is 0 Å². The molecule has 0 saturated carbocycles. The number of ether oxygens (including phenoxy) is 3. The molecule has 0 aliphatic heterocycles. The van der Waals surface area contributed by atoms with Crippen LogP contribution < -0.4 is 15.8 Å². The van der Waals surface area contributed by atoms with E-state index in [0.29, 0.717) is 28.1 Å². The van der Waals surface area contributed by atoms with Gasteiger partial charge in [0.15, 0.2) is 11.4 Å². The molecular formula is C38H35N9O15S2. The third-order valence-electron chi connectivity index (χ3n) is 8.76. The Hall–Kier alpha value is -7.81.